The summed E-state index contributed by atoms with van der Waals surface area (Å²) in [7, 11) is 0. The third kappa shape index (κ3) is 2.60. The number of hydrogen-bond acceptors (Lipinski definition) is 4. The quantitative estimate of drug-likeness (QED) is 0.341. The highest BCUT2D eigenvalue weighted by molar-refractivity contribution is 6.31. The molecule has 0 fully saturated rings. The molecule has 0 saturated carbocycles. The Hall–Kier alpha value is -4.36. The number of rotatable bonds is 2. The Morgan fingerprint density at radius 2 is 1.33 bits per heavy atom. The average Bonchev–Trinajstić information content (AvgIpc) is 3.50. The fourth-order valence-corrected chi connectivity index (χ4v) is 5.71. The number of benzene rings is 3. The van der Waals surface area contributed by atoms with E-state index < -0.39 is 5.41 Å². The molecule has 1 amide bonds. The molecule has 2 aliphatic heterocycles. The van der Waals surface area contributed by atoms with Gasteiger partial charge in [0, 0.05) is 16.3 Å². The van der Waals surface area contributed by atoms with Crippen LogP contribution in [0.25, 0.3) is 11.4 Å². The van der Waals surface area contributed by atoms with Gasteiger partial charge in [0.25, 0.3) is 0 Å². The van der Waals surface area contributed by atoms with E-state index in [1.165, 1.54) is 0 Å². The van der Waals surface area contributed by atoms with E-state index in [4.69, 9.17) is 26.5 Å². The van der Waals surface area contributed by atoms with Crippen molar-refractivity contribution in [2.75, 3.05) is 5.32 Å². The molecule has 0 bridgehead atoms. The molecule has 8 heteroatoms. The summed E-state index contributed by atoms with van der Waals surface area (Å²) in [4.78, 5) is 14.2. The van der Waals surface area contributed by atoms with E-state index in [0.717, 1.165) is 16.9 Å². The molecule has 176 valence electrons. The number of nitrogens with one attached hydrogen (secondary N) is 1. The molecule has 7 rings (SSSR count). The van der Waals surface area contributed by atoms with Crippen LogP contribution in [-0.2, 0) is 10.2 Å². The van der Waals surface area contributed by atoms with Crippen molar-refractivity contribution in [2.45, 2.75) is 19.3 Å². The number of fused-ring (bicyclic) bond motifs is 6. The van der Waals surface area contributed by atoms with Gasteiger partial charge in [0.05, 0.1) is 33.9 Å². The SMILES string of the molecule is Cc1nn(-c2ccccc2)c2c1C1(C(=O)Nc3ccc(Cl)cc31)c1c(C)nn(-c3ccccc3)c1O2. The monoisotopic (exact) mass is 493 g/mol. The molecule has 0 radical (unpaired) electrons. The minimum Gasteiger partial charge on any atom is -0.420 e. The lowest BCUT2D eigenvalue weighted by molar-refractivity contribution is -0.118. The smallest absolute Gasteiger partial charge is 0.244 e. The first-order valence-corrected chi connectivity index (χ1v) is 12.0. The normalized spacial score (nSPS) is 14.7. The Morgan fingerprint density at radius 3 is 1.86 bits per heavy atom. The second kappa shape index (κ2) is 7.32. The molecule has 1 spiro atoms. The van der Waals surface area contributed by atoms with Gasteiger partial charge >= 0.3 is 0 Å². The van der Waals surface area contributed by atoms with Crippen LogP contribution in [0.2, 0.25) is 5.02 Å². The molecule has 7 nitrogen and oxygen atoms in total. The van der Waals surface area contributed by atoms with Gasteiger partial charge in [0.15, 0.2) is 0 Å². The summed E-state index contributed by atoms with van der Waals surface area (Å²) < 4.78 is 10.2. The number of anilines is 1. The van der Waals surface area contributed by atoms with E-state index in [1.807, 2.05) is 86.6 Å². The Balaban J connectivity index is 1.63. The minimum absolute atomic E-state index is 0.183. The van der Waals surface area contributed by atoms with Gasteiger partial charge in [0.2, 0.25) is 17.7 Å². The number of hydrogen-bond donors (Lipinski definition) is 1. The first-order valence-electron chi connectivity index (χ1n) is 11.6. The lowest BCUT2D eigenvalue weighted by Gasteiger charge is -2.33. The van der Waals surface area contributed by atoms with E-state index in [0.29, 0.717) is 45.0 Å². The first kappa shape index (κ1) is 21.0. The second-order valence-electron chi connectivity index (χ2n) is 9.02. The molecule has 4 heterocycles. The predicted molar refractivity (Wildman–Crippen MR) is 137 cm³/mol. The Bertz CT molecular complexity index is 1600. The Morgan fingerprint density at radius 1 is 0.806 bits per heavy atom. The zero-order valence-electron chi connectivity index (χ0n) is 19.5. The predicted octanol–water partition coefficient (Wildman–Crippen LogP) is 5.72. The van der Waals surface area contributed by atoms with Crippen LogP contribution in [-0.4, -0.2) is 25.5 Å². The van der Waals surface area contributed by atoms with Crippen molar-refractivity contribution in [1.82, 2.24) is 19.6 Å². The molecule has 0 atom stereocenters. The maximum atomic E-state index is 14.2. The van der Waals surface area contributed by atoms with Crippen molar-refractivity contribution in [3.8, 4) is 23.1 Å². The summed E-state index contributed by atoms with van der Waals surface area (Å²) in [5.41, 5.74) is 4.65. The average molecular weight is 494 g/mol. The lowest BCUT2D eigenvalue weighted by Crippen LogP contribution is -2.40. The van der Waals surface area contributed by atoms with Crippen molar-refractivity contribution in [1.29, 1.82) is 0 Å². The molecule has 36 heavy (non-hydrogen) atoms. The third-order valence-electron chi connectivity index (χ3n) is 6.96. The van der Waals surface area contributed by atoms with E-state index in [2.05, 4.69) is 5.32 Å². The third-order valence-corrected chi connectivity index (χ3v) is 7.19. The molecule has 0 saturated heterocycles. The van der Waals surface area contributed by atoms with Crippen molar-refractivity contribution < 1.29 is 9.53 Å². The maximum absolute atomic E-state index is 14.2. The molecule has 3 aromatic carbocycles. The number of aromatic nitrogens is 4. The zero-order valence-corrected chi connectivity index (χ0v) is 20.2. The molecular formula is C28H20ClN5O2. The van der Waals surface area contributed by atoms with Crippen molar-refractivity contribution in [2.24, 2.45) is 0 Å². The van der Waals surface area contributed by atoms with Gasteiger partial charge in [-0.3, -0.25) is 4.79 Å². The summed E-state index contributed by atoms with van der Waals surface area (Å²) >= 11 is 6.50. The topological polar surface area (TPSA) is 74.0 Å². The second-order valence-corrected chi connectivity index (χ2v) is 9.46. The van der Waals surface area contributed by atoms with Gasteiger partial charge in [-0.2, -0.15) is 10.2 Å². The van der Waals surface area contributed by atoms with Crippen LogP contribution in [0.15, 0.2) is 78.9 Å². The van der Waals surface area contributed by atoms with E-state index in [9.17, 15) is 4.79 Å². The molecule has 0 aliphatic carbocycles. The number of carbonyl (C=O) groups excluding carboxylic acids is 1. The summed E-state index contributed by atoms with van der Waals surface area (Å²) in [5.74, 6) is 0.773. The number of carbonyl (C=O) groups is 1. The first-order chi connectivity index (χ1) is 17.5. The fraction of sp³-hybridized carbons (Fsp3) is 0.107. The van der Waals surface area contributed by atoms with Gasteiger partial charge in [-0.15, -0.1) is 0 Å². The van der Waals surface area contributed by atoms with Crippen LogP contribution in [0.1, 0.15) is 28.1 Å². The number of para-hydroxylation sites is 2. The number of aryl methyl sites for hydroxylation is 2. The van der Waals surface area contributed by atoms with Crippen LogP contribution < -0.4 is 10.1 Å². The van der Waals surface area contributed by atoms with E-state index in [1.54, 1.807) is 15.4 Å². The number of nitrogens with zero attached hydrogens (tertiary/aromatic N) is 4. The van der Waals surface area contributed by atoms with Gasteiger partial charge < -0.3 is 10.1 Å². The zero-order chi connectivity index (χ0) is 24.6. The van der Waals surface area contributed by atoms with Crippen LogP contribution in [0.3, 0.4) is 0 Å². The van der Waals surface area contributed by atoms with Crippen LogP contribution in [0, 0.1) is 13.8 Å². The number of amides is 1. The summed E-state index contributed by atoms with van der Waals surface area (Å²) in [6, 6.07) is 25.0. The van der Waals surface area contributed by atoms with Crippen molar-refractivity contribution in [3.63, 3.8) is 0 Å². The minimum atomic E-state index is -1.22. The van der Waals surface area contributed by atoms with Crippen molar-refractivity contribution in [3.05, 3.63) is 112 Å². The molecule has 5 aromatic rings. The number of ether oxygens (including phenoxy) is 1. The highest BCUT2D eigenvalue weighted by Gasteiger charge is 2.59. The van der Waals surface area contributed by atoms with Gasteiger partial charge in [0.1, 0.15) is 5.41 Å². The van der Waals surface area contributed by atoms with Crippen molar-refractivity contribution >= 4 is 23.2 Å². The van der Waals surface area contributed by atoms with E-state index >= 15 is 0 Å². The lowest BCUT2D eigenvalue weighted by atomic mass is 9.69. The molecule has 2 aliphatic rings. The van der Waals surface area contributed by atoms with Gasteiger partial charge in [-0.25, -0.2) is 9.36 Å². The fourth-order valence-electron chi connectivity index (χ4n) is 5.54. The largest absolute Gasteiger partial charge is 0.420 e. The molecule has 2 aromatic heterocycles. The Kier molecular flexibility index (Phi) is 4.26. The summed E-state index contributed by atoms with van der Waals surface area (Å²) in [6.45, 7) is 3.81. The van der Waals surface area contributed by atoms with Crippen LogP contribution >= 0.6 is 11.6 Å². The molecule has 0 unspecified atom stereocenters. The van der Waals surface area contributed by atoms with Gasteiger partial charge in [-0.05, 0) is 56.3 Å². The Labute approximate surface area is 211 Å². The molecular weight excluding hydrogens is 474 g/mol. The highest BCUT2D eigenvalue weighted by atomic mass is 35.5. The maximum Gasteiger partial charge on any atom is 0.244 e. The highest BCUT2D eigenvalue weighted by Crippen LogP contribution is 2.59. The summed E-state index contributed by atoms with van der Waals surface area (Å²) in [5, 5.41) is 13.3. The standard InChI is InChI=1S/C28H20ClN5O2/c1-16-23-25(33(31-16)19-9-5-3-6-10-19)36-26-24(17(2)32-34(26)20-11-7-4-8-12-20)28(23)21-15-18(29)13-14-22(21)30-27(28)35/h3-15H,1-2H3,(H,30,35). The van der Waals surface area contributed by atoms with E-state index in [-0.39, 0.29) is 5.91 Å². The summed E-state index contributed by atoms with van der Waals surface area (Å²) in [6.07, 6.45) is 0. The molecule has 1 N–H and O–H groups in total. The van der Waals surface area contributed by atoms with Crippen LogP contribution in [0.4, 0.5) is 5.69 Å². The van der Waals surface area contributed by atoms with Gasteiger partial charge in [-0.1, -0.05) is 48.0 Å². The number of halogens is 1. The van der Waals surface area contributed by atoms with Crippen LogP contribution in [0.5, 0.6) is 11.8 Å².